The molecule has 0 saturated heterocycles. The average Bonchev–Trinajstić information content (AvgIpc) is 2.58. The molecular weight excluding hydrogens is 328 g/mol. The van der Waals surface area contributed by atoms with E-state index in [1.807, 2.05) is 0 Å². The van der Waals surface area contributed by atoms with Gasteiger partial charge in [-0.3, -0.25) is 4.79 Å². The summed E-state index contributed by atoms with van der Waals surface area (Å²) in [6.07, 6.45) is 1.92. The number of hydrogen-bond donors (Lipinski definition) is 2. The van der Waals surface area contributed by atoms with Gasteiger partial charge in [-0.25, -0.2) is 0 Å². The first-order chi connectivity index (χ1) is 11.6. The minimum atomic E-state index is -0.326. The molecule has 0 atom stereocenters. The number of para-hydroxylation sites is 2. The van der Waals surface area contributed by atoms with Gasteiger partial charge in [-0.05, 0) is 30.7 Å². The van der Waals surface area contributed by atoms with Crippen molar-refractivity contribution in [3.05, 3.63) is 47.0 Å². The Morgan fingerprint density at radius 2 is 2.04 bits per heavy atom. The molecule has 0 unspecified atom stereocenters. The summed E-state index contributed by atoms with van der Waals surface area (Å²) < 4.78 is 11.0. The molecule has 0 fully saturated rings. The molecule has 0 heterocycles. The van der Waals surface area contributed by atoms with Gasteiger partial charge in [0.1, 0.15) is 0 Å². The number of amides is 1. The Bertz CT molecular complexity index is 719. The van der Waals surface area contributed by atoms with Crippen molar-refractivity contribution in [2.45, 2.75) is 19.8 Å². The number of nitrogens with one attached hydrogen (secondary N) is 1. The fourth-order valence-corrected chi connectivity index (χ4v) is 2.38. The third-order valence-electron chi connectivity index (χ3n) is 3.44. The maximum Gasteiger partial charge on any atom is 0.255 e. The Balaban J connectivity index is 2.23. The van der Waals surface area contributed by atoms with Crippen LogP contribution in [0, 0.1) is 0 Å². The van der Waals surface area contributed by atoms with E-state index in [1.54, 1.807) is 36.4 Å². The monoisotopic (exact) mass is 348 g/mol. The standard InChI is InChI=1S/C18H21ClN2O3/c1-3-4-9-24-17-13(19)10-12(11-16(17)23-2)18(22)21-15-8-6-5-7-14(15)20/h5-8,10-11H,3-4,9,20H2,1-2H3,(H,21,22). The van der Waals surface area contributed by atoms with E-state index >= 15 is 0 Å². The number of benzene rings is 2. The highest BCUT2D eigenvalue weighted by Crippen LogP contribution is 2.36. The Labute approximate surface area is 146 Å². The summed E-state index contributed by atoms with van der Waals surface area (Å²) in [5, 5.41) is 3.09. The Morgan fingerprint density at radius 3 is 2.71 bits per heavy atom. The van der Waals surface area contributed by atoms with E-state index in [-0.39, 0.29) is 5.91 Å². The zero-order valence-electron chi connectivity index (χ0n) is 13.8. The van der Waals surface area contributed by atoms with Crippen LogP contribution in [0.25, 0.3) is 0 Å². The van der Waals surface area contributed by atoms with Gasteiger partial charge in [-0.15, -0.1) is 0 Å². The molecule has 1 amide bonds. The molecule has 0 spiro atoms. The number of ether oxygens (including phenoxy) is 2. The molecular formula is C18H21ClN2O3. The quantitative estimate of drug-likeness (QED) is 0.576. The lowest BCUT2D eigenvalue weighted by Gasteiger charge is -2.14. The first-order valence-corrected chi connectivity index (χ1v) is 8.10. The van der Waals surface area contributed by atoms with Crippen LogP contribution < -0.4 is 20.5 Å². The molecule has 0 saturated carbocycles. The molecule has 2 rings (SSSR count). The molecule has 0 aliphatic heterocycles. The predicted molar refractivity (Wildman–Crippen MR) is 97.2 cm³/mol. The highest BCUT2D eigenvalue weighted by molar-refractivity contribution is 6.32. The Kier molecular flexibility index (Phi) is 6.32. The van der Waals surface area contributed by atoms with Crippen LogP contribution in [0.2, 0.25) is 5.02 Å². The minimum absolute atomic E-state index is 0.326. The Hall–Kier alpha value is -2.40. The lowest BCUT2D eigenvalue weighted by Crippen LogP contribution is -2.13. The van der Waals surface area contributed by atoms with Gasteiger partial charge in [0.05, 0.1) is 30.1 Å². The van der Waals surface area contributed by atoms with Crippen molar-refractivity contribution in [1.82, 2.24) is 0 Å². The average molecular weight is 349 g/mol. The van der Waals surface area contributed by atoms with Crippen molar-refractivity contribution in [3.8, 4) is 11.5 Å². The topological polar surface area (TPSA) is 73.6 Å². The number of hydrogen-bond acceptors (Lipinski definition) is 4. The lowest BCUT2D eigenvalue weighted by atomic mass is 10.1. The molecule has 0 radical (unpaired) electrons. The fourth-order valence-electron chi connectivity index (χ4n) is 2.11. The van der Waals surface area contributed by atoms with Gasteiger partial charge in [0.15, 0.2) is 11.5 Å². The predicted octanol–water partition coefficient (Wildman–Crippen LogP) is 4.36. The number of anilines is 2. The maximum absolute atomic E-state index is 12.4. The van der Waals surface area contributed by atoms with Crippen molar-refractivity contribution in [2.24, 2.45) is 0 Å². The maximum atomic E-state index is 12.4. The molecule has 5 nitrogen and oxygen atoms in total. The van der Waals surface area contributed by atoms with E-state index in [1.165, 1.54) is 7.11 Å². The summed E-state index contributed by atoms with van der Waals surface area (Å²) >= 11 is 6.26. The number of carbonyl (C=O) groups is 1. The van der Waals surface area contributed by atoms with Crippen LogP contribution >= 0.6 is 11.6 Å². The third kappa shape index (κ3) is 4.32. The van der Waals surface area contributed by atoms with E-state index in [4.69, 9.17) is 26.8 Å². The van der Waals surface area contributed by atoms with Crippen LogP contribution in [0.15, 0.2) is 36.4 Å². The second-order valence-electron chi connectivity index (χ2n) is 5.23. The molecule has 2 aromatic rings. The summed E-state index contributed by atoms with van der Waals surface area (Å²) in [6.45, 7) is 2.61. The number of rotatable bonds is 7. The third-order valence-corrected chi connectivity index (χ3v) is 3.73. The van der Waals surface area contributed by atoms with Gasteiger partial charge in [-0.1, -0.05) is 37.1 Å². The van der Waals surface area contributed by atoms with E-state index in [9.17, 15) is 4.79 Å². The number of halogens is 1. The van der Waals surface area contributed by atoms with E-state index < -0.39 is 0 Å². The number of carbonyl (C=O) groups excluding carboxylic acids is 1. The normalized spacial score (nSPS) is 10.3. The van der Waals surface area contributed by atoms with Crippen molar-refractivity contribution >= 4 is 28.9 Å². The van der Waals surface area contributed by atoms with Gasteiger partial charge >= 0.3 is 0 Å². The summed E-state index contributed by atoms with van der Waals surface area (Å²) in [7, 11) is 1.51. The van der Waals surface area contributed by atoms with Crippen LogP contribution in [0.3, 0.4) is 0 Å². The molecule has 0 bridgehead atoms. The highest BCUT2D eigenvalue weighted by Gasteiger charge is 2.16. The van der Waals surface area contributed by atoms with Gasteiger partial charge in [0.2, 0.25) is 0 Å². The number of unbranched alkanes of at least 4 members (excludes halogenated alkanes) is 1. The zero-order valence-corrected chi connectivity index (χ0v) is 14.5. The van der Waals surface area contributed by atoms with E-state index in [0.717, 1.165) is 12.8 Å². The zero-order chi connectivity index (χ0) is 17.5. The highest BCUT2D eigenvalue weighted by atomic mass is 35.5. The summed E-state index contributed by atoms with van der Waals surface area (Å²) in [6, 6.07) is 10.2. The van der Waals surface area contributed by atoms with Crippen LogP contribution in [-0.2, 0) is 0 Å². The lowest BCUT2D eigenvalue weighted by molar-refractivity contribution is 0.102. The number of nitrogens with two attached hydrogens (primary N) is 1. The summed E-state index contributed by atoms with van der Waals surface area (Å²) in [5.41, 5.74) is 7.24. The van der Waals surface area contributed by atoms with Crippen molar-refractivity contribution in [1.29, 1.82) is 0 Å². The second kappa shape index (κ2) is 8.45. The van der Waals surface area contributed by atoms with Gasteiger partial charge < -0.3 is 20.5 Å². The minimum Gasteiger partial charge on any atom is -0.493 e. The molecule has 0 aliphatic carbocycles. The first-order valence-electron chi connectivity index (χ1n) is 7.73. The van der Waals surface area contributed by atoms with Crippen LogP contribution in [-0.4, -0.2) is 19.6 Å². The molecule has 24 heavy (non-hydrogen) atoms. The SMILES string of the molecule is CCCCOc1c(Cl)cc(C(=O)Nc2ccccc2N)cc1OC. The van der Waals surface area contributed by atoms with Gasteiger partial charge in [-0.2, -0.15) is 0 Å². The van der Waals surface area contributed by atoms with E-state index in [2.05, 4.69) is 12.2 Å². The molecule has 128 valence electrons. The van der Waals surface area contributed by atoms with E-state index in [0.29, 0.717) is 40.1 Å². The molecule has 2 aromatic carbocycles. The largest absolute Gasteiger partial charge is 0.493 e. The van der Waals surface area contributed by atoms with Crippen LogP contribution in [0.4, 0.5) is 11.4 Å². The van der Waals surface area contributed by atoms with Crippen molar-refractivity contribution in [3.63, 3.8) is 0 Å². The summed E-state index contributed by atoms with van der Waals surface area (Å²) in [4.78, 5) is 12.4. The van der Waals surface area contributed by atoms with Crippen molar-refractivity contribution < 1.29 is 14.3 Å². The Morgan fingerprint density at radius 1 is 1.29 bits per heavy atom. The molecule has 0 aliphatic rings. The van der Waals surface area contributed by atoms with Crippen LogP contribution in [0.5, 0.6) is 11.5 Å². The van der Waals surface area contributed by atoms with Crippen LogP contribution in [0.1, 0.15) is 30.1 Å². The molecule has 3 N–H and O–H groups in total. The fraction of sp³-hybridized carbons (Fsp3) is 0.278. The first kappa shape index (κ1) is 17.9. The van der Waals surface area contributed by atoms with Crippen molar-refractivity contribution in [2.75, 3.05) is 24.8 Å². The van der Waals surface area contributed by atoms with Gasteiger partial charge in [0, 0.05) is 5.56 Å². The summed E-state index contributed by atoms with van der Waals surface area (Å²) in [5.74, 6) is 0.543. The second-order valence-corrected chi connectivity index (χ2v) is 5.64. The smallest absolute Gasteiger partial charge is 0.255 e. The number of methoxy groups -OCH3 is 1. The van der Waals surface area contributed by atoms with Gasteiger partial charge in [0.25, 0.3) is 5.91 Å². The molecule has 6 heteroatoms. The molecule has 0 aromatic heterocycles. The number of nitrogen functional groups attached to an aromatic ring is 1.